The largest absolute Gasteiger partial charge is 0.394 e. The quantitative estimate of drug-likeness (QED) is 0.851. The van der Waals surface area contributed by atoms with Gasteiger partial charge in [-0.2, -0.15) is 0 Å². The fourth-order valence-electron chi connectivity index (χ4n) is 2.14. The van der Waals surface area contributed by atoms with Crippen molar-refractivity contribution in [3.63, 3.8) is 0 Å². The van der Waals surface area contributed by atoms with E-state index in [0.29, 0.717) is 5.92 Å². The topological polar surface area (TPSA) is 32.3 Å². The van der Waals surface area contributed by atoms with E-state index in [4.69, 9.17) is 11.6 Å². The Hall–Kier alpha value is -0.0900. The van der Waals surface area contributed by atoms with Gasteiger partial charge in [-0.25, -0.2) is 0 Å². The number of nitrogens with one attached hydrogen (secondary N) is 1. The van der Waals surface area contributed by atoms with E-state index in [0.717, 1.165) is 4.34 Å². The molecule has 1 fully saturated rings. The van der Waals surface area contributed by atoms with E-state index in [1.54, 1.807) is 11.3 Å². The van der Waals surface area contributed by atoms with Gasteiger partial charge in [0, 0.05) is 16.5 Å². The van der Waals surface area contributed by atoms with Gasteiger partial charge in [0.25, 0.3) is 0 Å². The Kier molecular flexibility index (Phi) is 3.59. The van der Waals surface area contributed by atoms with Gasteiger partial charge < -0.3 is 10.4 Å². The molecule has 0 aromatic carbocycles. The Balaban J connectivity index is 2.02. The van der Waals surface area contributed by atoms with Crippen molar-refractivity contribution >= 4 is 22.9 Å². The minimum Gasteiger partial charge on any atom is -0.394 e. The number of thiophene rings is 1. The van der Waals surface area contributed by atoms with E-state index < -0.39 is 0 Å². The maximum atomic E-state index is 9.51. The van der Waals surface area contributed by atoms with Crippen LogP contribution in [0.25, 0.3) is 0 Å². The van der Waals surface area contributed by atoms with Crippen LogP contribution in [0.1, 0.15) is 37.6 Å². The first-order chi connectivity index (χ1) is 7.55. The predicted molar refractivity (Wildman–Crippen MR) is 69.1 cm³/mol. The summed E-state index contributed by atoms with van der Waals surface area (Å²) in [4.78, 5) is 1.23. The Morgan fingerprint density at radius 3 is 2.75 bits per heavy atom. The fraction of sp³-hybridized carbons (Fsp3) is 0.667. The lowest BCUT2D eigenvalue weighted by Gasteiger charge is -2.32. The monoisotopic (exact) mass is 259 g/mol. The smallest absolute Gasteiger partial charge is 0.0931 e. The van der Waals surface area contributed by atoms with E-state index in [-0.39, 0.29) is 18.2 Å². The Labute approximate surface area is 106 Å². The fourth-order valence-corrected chi connectivity index (χ4v) is 3.20. The van der Waals surface area contributed by atoms with Crippen molar-refractivity contribution in [2.24, 2.45) is 5.92 Å². The average Bonchev–Trinajstić information content (AvgIpc) is 3.02. The molecular weight excluding hydrogens is 242 g/mol. The first-order valence-electron chi connectivity index (χ1n) is 5.69. The summed E-state index contributed by atoms with van der Waals surface area (Å²) in [6.45, 7) is 4.43. The van der Waals surface area contributed by atoms with Crippen molar-refractivity contribution in [1.82, 2.24) is 5.32 Å². The van der Waals surface area contributed by atoms with Gasteiger partial charge in [-0.05, 0) is 44.7 Å². The first-order valence-corrected chi connectivity index (χ1v) is 6.88. The lowest BCUT2D eigenvalue weighted by atomic mass is 9.95. The molecular formula is C12H18ClNOS. The third kappa shape index (κ3) is 2.59. The summed E-state index contributed by atoms with van der Waals surface area (Å²) >= 11 is 7.53. The van der Waals surface area contributed by atoms with Crippen LogP contribution in [0, 0.1) is 5.92 Å². The number of aliphatic hydroxyl groups is 1. The molecule has 90 valence electrons. The van der Waals surface area contributed by atoms with E-state index in [2.05, 4.69) is 25.2 Å². The first kappa shape index (κ1) is 12.4. The zero-order valence-electron chi connectivity index (χ0n) is 9.66. The highest BCUT2D eigenvalue weighted by Crippen LogP contribution is 2.41. The normalized spacial score (nSPS) is 21.8. The van der Waals surface area contributed by atoms with Crippen molar-refractivity contribution in [1.29, 1.82) is 0 Å². The second-order valence-corrected chi connectivity index (χ2v) is 6.60. The molecule has 2 N–H and O–H groups in total. The second kappa shape index (κ2) is 4.65. The summed E-state index contributed by atoms with van der Waals surface area (Å²) in [7, 11) is 0. The number of hydrogen-bond donors (Lipinski definition) is 2. The molecule has 1 aliphatic carbocycles. The summed E-state index contributed by atoms with van der Waals surface area (Å²) in [5, 5.41) is 13.0. The molecule has 0 saturated heterocycles. The Bertz CT molecular complexity index is 364. The molecule has 16 heavy (non-hydrogen) atoms. The third-order valence-electron chi connectivity index (χ3n) is 3.37. The maximum absolute atomic E-state index is 9.51. The molecule has 0 amide bonds. The van der Waals surface area contributed by atoms with Gasteiger partial charge >= 0.3 is 0 Å². The van der Waals surface area contributed by atoms with Crippen molar-refractivity contribution in [3.05, 3.63) is 21.3 Å². The van der Waals surface area contributed by atoms with Crippen LogP contribution in [-0.2, 0) is 0 Å². The molecule has 0 spiro atoms. The summed E-state index contributed by atoms with van der Waals surface area (Å²) in [5.74, 6) is 0.621. The summed E-state index contributed by atoms with van der Waals surface area (Å²) in [5.41, 5.74) is -0.143. The van der Waals surface area contributed by atoms with E-state index in [1.807, 2.05) is 6.07 Å². The highest BCUT2D eigenvalue weighted by Gasteiger charge is 2.41. The molecule has 1 aliphatic rings. The van der Waals surface area contributed by atoms with Gasteiger partial charge in [0.05, 0.1) is 10.9 Å². The molecule has 2 unspecified atom stereocenters. The van der Waals surface area contributed by atoms with Crippen LogP contribution in [0.3, 0.4) is 0 Å². The van der Waals surface area contributed by atoms with Crippen LogP contribution in [0.5, 0.6) is 0 Å². The van der Waals surface area contributed by atoms with Crippen molar-refractivity contribution in [2.45, 2.75) is 38.3 Å². The highest BCUT2D eigenvalue weighted by molar-refractivity contribution is 7.16. The molecule has 4 heteroatoms. The van der Waals surface area contributed by atoms with Crippen molar-refractivity contribution < 1.29 is 5.11 Å². The predicted octanol–water partition coefficient (Wildman–Crippen LogP) is 3.21. The van der Waals surface area contributed by atoms with Gasteiger partial charge in [-0.15, -0.1) is 11.3 Å². The summed E-state index contributed by atoms with van der Waals surface area (Å²) < 4.78 is 0.820. The molecule has 0 radical (unpaired) electrons. The minimum atomic E-state index is -0.143. The van der Waals surface area contributed by atoms with E-state index >= 15 is 0 Å². The molecule has 2 rings (SSSR count). The standard InChI is InChI=1S/C12H18ClNOS/c1-8(10-5-6-11(13)16-10)14-12(2,7-15)9-3-4-9/h5-6,8-9,14-15H,3-4,7H2,1-2H3. The summed E-state index contributed by atoms with van der Waals surface area (Å²) in [6, 6.07) is 4.22. The number of hydrogen-bond acceptors (Lipinski definition) is 3. The van der Waals surface area contributed by atoms with E-state index in [9.17, 15) is 5.11 Å². The molecule has 1 aromatic heterocycles. The van der Waals surface area contributed by atoms with Gasteiger partial charge in [-0.3, -0.25) is 0 Å². The molecule has 1 saturated carbocycles. The minimum absolute atomic E-state index is 0.143. The lowest BCUT2D eigenvalue weighted by Crippen LogP contribution is -2.48. The SMILES string of the molecule is CC(NC(C)(CO)C1CC1)c1ccc(Cl)s1. The number of halogens is 1. The number of aliphatic hydroxyl groups excluding tert-OH is 1. The van der Waals surface area contributed by atoms with Crippen LogP contribution in [-0.4, -0.2) is 17.3 Å². The van der Waals surface area contributed by atoms with Gasteiger partial charge in [-0.1, -0.05) is 11.6 Å². The zero-order chi connectivity index (χ0) is 11.8. The van der Waals surface area contributed by atoms with Crippen LogP contribution >= 0.6 is 22.9 Å². The summed E-state index contributed by atoms with van der Waals surface area (Å²) in [6.07, 6.45) is 2.45. The van der Waals surface area contributed by atoms with Crippen LogP contribution in [0.4, 0.5) is 0 Å². The maximum Gasteiger partial charge on any atom is 0.0931 e. The Morgan fingerprint density at radius 2 is 2.31 bits per heavy atom. The van der Waals surface area contributed by atoms with Gasteiger partial charge in [0.1, 0.15) is 0 Å². The van der Waals surface area contributed by atoms with Crippen LogP contribution in [0.15, 0.2) is 12.1 Å². The van der Waals surface area contributed by atoms with Crippen molar-refractivity contribution in [3.8, 4) is 0 Å². The highest BCUT2D eigenvalue weighted by atomic mass is 35.5. The lowest BCUT2D eigenvalue weighted by molar-refractivity contribution is 0.144. The van der Waals surface area contributed by atoms with E-state index in [1.165, 1.54) is 17.7 Å². The molecule has 0 aliphatic heterocycles. The second-order valence-electron chi connectivity index (χ2n) is 4.86. The van der Waals surface area contributed by atoms with Gasteiger partial charge in [0.2, 0.25) is 0 Å². The Morgan fingerprint density at radius 1 is 1.62 bits per heavy atom. The molecule has 2 atom stereocenters. The molecule has 0 bridgehead atoms. The molecule has 1 aromatic rings. The number of rotatable bonds is 5. The molecule has 1 heterocycles. The zero-order valence-corrected chi connectivity index (χ0v) is 11.2. The third-order valence-corrected chi connectivity index (χ3v) is 4.79. The molecule has 2 nitrogen and oxygen atoms in total. The van der Waals surface area contributed by atoms with Crippen molar-refractivity contribution in [2.75, 3.05) is 6.61 Å². The van der Waals surface area contributed by atoms with Crippen LogP contribution in [0.2, 0.25) is 4.34 Å². The average molecular weight is 260 g/mol. The van der Waals surface area contributed by atoms with Crippen LogP contribution < -0.4 is 5.32 Å². The van der Waals surface area contributed by atoms with Gasteiger partial charge in [0.15, 0.2) is 0 Å².